The lowest BCUT2D eigenvalue weighted by atomic mass is 10.0. The summed E-state index contributed by atoms with van der Waals surface area (Å²) >= 11 is 1.67. The number of fused-ring (bicyclic) bond motifs is 1. The third-order valence-corrected chi connectivity index (χ3v) is 4.53. The smallest absolute Gasteiger partial charge is 0.205 e. The molecule has 2 heterocycles. The number of nitrogens with one attached hydrogen (secondary N) is 1. The highest BCUT2D eigenvalue weighted by Gasteiger charge is 2.15. The van der Waals surface area contributed by atoms with E-state index in [0.717, 1.165) is 49.2 Å². The molecule has 1 aromatic heterocycles. The Morgan fingerprint density at radius 1 is 1.15 bits per heavy atom. The molecule has 20 heavy (non-hydrogen) atoms. The molecule has 106 valence electrons. The summed E-state index contributed by atoms with van der Waals surface area (Å²) < 4.78 is 0. The van der Waals surface area contributed by atoms with Crippen LogP contribution < -0.4 is 5.32 Å². The van der Waals surface area contributed by atoms with Crippen molar-refractivity contribution in [2.24, 2.45) is 0 Å². The average Bonchev–Trinajstić information content (AvgIpc) is 2.80. The van der Waals surface area contributed by atoms with Crippen LogP contribution in [0.15, 0.2) is 24.3 Å². The second kappa shape index (κ2) is 6.33. The fourth-order valence-corrected chi connectivity index (χ4v) is 3.45. The summed E-state index contributed by atoms with van der Waals surface area (Å²) in [5.41, 5.74) is 3.00. The SMILES string of the molecule is CCNc1nnc(CN2CCc3ccccc3CC2)s1. The minimum atomic E-state index is 0.896. The molecule has 0 saturated heterocycles. The van der Waals surface area contributed by atoms with Crippen molar-refractivity contribution in [2.75, 3.05) is 25.0 Å². The summed E-state index contributed by atoms with van der Waals surface area (Å²) in [5.74, 6) is 0. The number of benzene rings is 1. The molecule has 0 atom stereocenters. The van der Waals surface area contributed by atoms with E-state index in [9.17, 15) is 0 Å². The maximum atomic E-state index is 4.27. The Morgan fingerprint density at radius 3 is 2.50 bits per heavy atom. The molecule has 3 rings (SSSR count). The van der Waals surface area contributed by atoms with E-state index in [0.29, 0.717) is 0 Å². The van der Waals surface area contributed by atoms with Crippen molar-refractivity contribution < 1.29 is 0 Å². The lowest BCUT2D eigenvalue weighted by Gasteiger charge is -2.17. The summed E-state index contributed by atoms with van der Waals surface area (Å²) in [6, 6.07) is 8.80. The van der Waals surface area contributed by atoms with E-state index in [1.807, 2.05) is 0 Å². The molecular weight excluding hydrogens is 268 g/mol. The molecule has 0 unspecified atom stereocenters. The van der Waals surface area contributed by atoms with Crippen LogP contribution in [0.3, 0.4) is 0 Å². The zero-order chi connectivity index (χ0) is 13.8. The summed E-state index contributed by atoms with van der Waals surface area (Å²) in [6.45, 7) is 6.10. The molecule has 0 amide bonds. The fraction of sp³-hybridized carbons (Fsp3) is 0.467. The Hall–Kier alpha value is -1.46. The first kappa shape index (κ1) is 13.5. The minimum absolute atomic E-state index is 0.896. The summed E-state index contributed by atoms with van der Waals surface area (Å²) in [6.07, 6.45) is 2.27. The Bertz CT molecular complexity index is 540. The van der Waals surface area contributed by atoms with Crippen LogP contribution in [0.5, 0.6) is 0 Å². The van der Waals surface area contributed by atoms with Gasteiger partial charge in [0.25, 0.3) is 0 Å². The van der Waals surface area contributed by atoms with Gasteiger partial charge in [0.15, 0.2) is 0 Å². The van der Waals surface area contributed by atoms with Crippen molar-refractivity contribution in [3.63, 3.8) is 0 Å². The Labute approximate surface area is 123 Å². The van der Waals surface area contributed by atoms with Gasteiger partial charge in [-0.25, -0.2) is 0 Å². The quantitative estimate of drug-likeness (QED) is 0.939. The van der Waals surface area contributed by atoms with Crippen LogP contribution in [0.1, 0.15) is 23.1 Å². The Balaban J connectivity index is 1.62. The van der Waals surface area contributed by atoms with Crippen LogP contribution in [0.25, 0.3) is 0 Å². The van der Waals surface area contributed by atoms with Crippen molar-refractivity contribution in [3.8, 4) is 0 Å². The molecule has 1 aliphatic rings. The zero-order valence-electron chi connectivity index (χ0n) is 11.8. The Morgan fingerprint density at radius 2 is 1.85 bits per heavy atom. The molecule has 5 heteroatoms. The zero-order valence-corrected chi connectivity index (χ0v) is 12.6. The molecule has 4 nitrogen and oxygen atoms in total. The van der Waals surface area contributed by atoms with E-state index in [1.54, 1.807) is 11.3 Å². The van der Waals surface area contributed by atoms with E-state index >= 15 is 0 Å². The third kappa shape index (κ3) is 3.16. The van der Waals surface area contributed by atoms with Crippen molar-refractivity contribution in [2.45, 2.75) is 26.3 Å². The number of aromatic nitrogens is 2. The van der Waals surface area contributed by atoms with Crippen LogP contribution in [0, 0.1) is 0 Å². The molecule has 0 aliphatic carbocycles. The molecule has 0 radical (unpaired) electrons. The minimum Gasteiger partial charge on any atom is -0.360 e. The van der Waals surface area contributed by atoms with Crippen LogP contribution in [-0.4, -0.2) is 34.7 Å². The highest BCUT2D eigenvalue weighted by molar-refractivity contribution is 7.15. The van der Waals surface area contributed by atoms with Gasteiger partial charge < -0.3 is 5.32 Å². The van der Waals surface area contributed by atoms with Gasteiger partial charge in [0.1, 0.15) is 5.01 Å². The summed E-state index contributed by atoms with van der Waals surface area (Å²) in [5, 5.41) is 13.7. The van der Waals surface area contributed by atoms with Crippen molar-refractivity contribution in [1.29, 1.82) is 0 Å². The molecule has 0 saturated carbocycles. The average molecular weight is 288 g/mol. The standard InChI is InChI=1S/C15H20N4S/c1-2-16-15-18-17-14(20-15)11-19-9-7-12-5-3-4-6-13(12)8-10-19/h3-6H,2,7-11H2,1H3,(H,16,18). The van der Waals surface area contributed by atoms with E-state index in [2.05, 4.69) is 51.6 Å². The fourth-order valence-electron chi connectivity index (χ4n) is 2.60. The molecule has 0 bridgehead atoms. The molecule has 0 spiro atoms. The molecular formula is C15H20N4S. The Kier molecular flexibility index (Phi) is 4.28. The number of hydrogen-bond acceptors (Lipinski definition) is 5. The predicted molar refractivity (Wildman–Crippen MR) is 83.2 cm³/mol. The van der Waals surface area contributed by atoms with Crippen molar-refractivity contribution in [3.05, 3.63) is 40.4 Å². The van der Waals surface area contributed by atoms with Gasteiger partial charge in [-0.1, -0.05) is 35.6 Å². The van der Waals surface area contributed by atoms with Crippen molar-refractivity contribution in [1.82, 2.24) is 15.1 Å². The molecule has 1 aromatic carbocycles. The first-order valence-electron chi connectivity index (χ1n) is 7.20. The van der Waals surface area contributed by atoms with E-state index in [1.165, 1.54) is 11.1 Å². The van der Waals surface area contributed by atoms with Crippen LogP contribution in [0.2, 0.25) is 0 Å². The first-order valence-corrected chi connectivity index (χ1v) is 8.02. The predicted octanol–water partition coefficient (Wildman–Crippen LogP) is 2.57. The molecule has 1 N–H and O–H groups in total. The van der Waals surface area contributed by atoms with Gasteiger partial charge in [-0.3, -0.25) is 4.90 Å². The van der Waals surface area contributed by atoms with E-state index in [-0.39, 0.29) is 0 Å². The number of rotatable bonds is 4. The maximum absolute atomic E-state index is 4.27. The van der Waals surface area contributed by atoms with Gasteiger partial charge in [0.2, 0.25) is 5.13 Å². The van der Waals surface area contributed by atoms with Crippen LogP contribution in [0.4, 0.5) is 5.13 Å². The number of hydrogen-bond donors (Lipinski definition) is 1. The van der Waals surface area contributed by atoms with Gasteiger partial charge in [0, 0.05) is 19.6 Å². The molecule has 1 aliphatic heterocycles. The van der Waals surface area contributed by atoms with Gasteiger partial charge in [-0.2, -0.15) is 0 Å². The van der Waals surface area contributed by atoms with Crippen LogP contribution >= 0.6 is 11.3 Å². The maximum Gasteiger partial charge on any atom is 0.205 e. The topological polar surface area (TPSA) is 41.1 Å². The van der Waals surface area contributed by atoms with E-state index in [4.69, 9.17) is 0 Å². The second-order valence-corrected chi connectivity index (χ2v) is 6.14. The van der Waals surface area contributed by atoms with E-state index < -0.39 is 0 Å². The monoisotopic (exact) mass is 288 g/mol. The van der Waals surface area contributed by atoms with Gasteiger partial charge in [-0.05, 0) is 30.9 Å². The lowest BCUT2D eigenvalue weighted by molar-refractivity contribution is 0.278. The normalized spacial score (nSPS) is 15.7. The van der Waals surface area contributed by atoms with Gasteiger partial charge in [0.05, 0.1) is 6.54 Å². The molecule has 0 fully saturated rings. The highest BCUT2D eigenvalue weighted by Crippen LogP contribution is 2.20. The van der Waals surface area contributed by atoms with Gasteiger partial charge in [-0.15, -0.1) is 10.2 Å². The largest absolute Gasteiger partial charge is 0.360 e. The lowest BCUT2D eigenvalue weighted by Crippen LogP contribution is -2.25. The first-order chi connectivity index (χ1) is 9.85. The third-order valence-electron chi connectivity index (χ3n) is 3.67. The number of nitrogens with zero attached hydrogens (tertiary/aromatic N) is 3. The van der Waals surface area contributed by atoms with Crippen molar-refractivity contribution >= 4 is 16.5 Å². The highest BCUT2D eigenvalue weighted by atomic mass is 32.1. The van der Waals surface area contributed by atoms with Crippen LogP contribution in [-0.2, 0) is 19.4 Å². The molecule has 2 aromatic rings. The summed E-state index contributed by atoms with van der Waals surface area (Å²) in [7, 11) is 0. The summed E-state index contributed by atoms with van der Waals surface area (Å²) in [4.78, 5) is 2.48. The number of anilines is 1. The second-order valence-electron chi connectivity index (χ2n) is 5.08. The van der Waals surface area contributed by atoms with Gasteiger partial charge >= 0.3 is 0 Å².